The zero-order chi connectivity index (χ0) is 66.8. The van der Waals surface area contributed by atoms with Gasteiger partial charge >= 0.3 is 0 Å². The summed E-state index contributed by atoms with van der Waals surface area (Å²) in [5.41, 5.74) is 14.2. The third-order valence-electron chi connectivity index (χ3n) is 1.78. The van der Waals surface area contributed by atoms with Crippen molar-refractivity contribution in [1.82, 2.24) is 25.6 Å². The smallest absolute Gasteiger partial charge is 0.261 e. The lowest BCUT2D eigenvalue weighted by Crippen LogP contribution is -2.34. The van der Waals surface area contributed by atoms with Crippen LogP contribution in [0.1, 0.15) is 1.37 Å². The molecule has 1 aliphatic rings. The number of nitrogens with zero attached hydrogens (tertiary/aromatic N) is 5. The maximum absolute atomic E-state index is 9.96. The standard InChI is InChI=1S/C4H6Cl2N4.C4H6ClN5.CH3F.2CH5N.10CH4O3S/c2*1-7-4-9-2(5)8-3(6)10-4;3*1-2;10*1-5(2,3)4/h4,7H,1H3,(H,8,9,10);1H3,(H3,6,7,8,9,10);1H3;2*2H2,1H3;10*1H3,(H,2,3,4)/i;;1D;;;;;;;;;;;;. The van der Waals surface area contributed by atoms with Gasteiger partial charge in [-0.05, 0) is 55.9 Å². The van der Waals surface area contributed by atoms with Gasteiger partial charge in [-0.2, -0.15) is 99.1 Å². The van der Waals surface area contributed by atoms with Gasteiger partial charge in [-0.25, -0.2) is 9.98 Å². The van der Waals surface area contributed by atoms with E-state index in [2.05, 4.69) is 52.4 Å². The molecule has 0 aromatic carbocycles. The van der Waals surface area contributed by atoms with Crippen LogP contribution < -0.4 is 33.2 Å². The molecular weight excluding hydrogens is 1330 g/mol. The molecule has 0 saturated heterocycles. The fourth-order valence-electron chi connectivity index (χ4n) is 1.000. The van der Waals surface area contributed by atoms with Crippen LogP contribution in [-0.4, -0.2) is 259 Å². The van der Waals surface area contributed by atoms with Crippen molar-refractivity contribution in [1.29, 1.82) is 0 Å². The minimum Gasteiger partial charge on any atom is -0.368 e. The monoisotopic (exact) mass is 1400 g/mol. The Morgan fingerprint density at radius 3 is 0.724 bits per heavy atom. The molecule has 1 aromatic heterocycles. The number of anilines is 2. The topological polar surface area (TPSA) is 721 Å². The van der Waals surface area contributed by atoms with Crippen LogP contribution in [0, 0.1) is 0 Å². The number of hydrogen-bond donors (Lipinski definition) is 16. The summed E-state index contributed by atoms with van der Waals surface area (Å²) in [5.74, 6) is 0.488. The van der Waals surface area contributed by atoms with Crippen molar-refractivity contribution in [3.63, 3.8) is 0 Å². The molecule has 0 spiro atoms. The molecule has 0 fully saturated rings. The molecule has 41 nitrogen and oxygen atoms in total. The van der Waals surface area contributed by atoms with Crippen LogP contribution in [0.5, 0.6) is 0 Å². The highest BCUT2D eigenvalue weighted by Gasteiger charge is 2.10. The predicted octanol–water partition coefficient (Wildman–Crippen LogP) is -4.79. The molecule has 0 bridgehead atoms. The molecule has 0 aliphatic carbocycles. The lowest BCUT2D eigenvalue weighted by molar-refractivity contribution is 0.488. The molecular formula is C21H65Cl3FN11O30S10. The molecule has 19 N–H and O–H groups in total. The lowest BCUT2D eigenvalue weighted by Gasteiger charge is -2.13. The van der Waals surface area contributed by atoms with Gasteiger partial charge in [0.15, 0.2) is 6.29 Å². The summed E-state index contributed by atoms with van der Waals surface area (Å²) in [6.07, 6.45) is 6.79. The fraction of sp³-hybridized carbons (Fsp3) is 0.762. The number of amidine groups is 2. The Hall–Kier alpha value is -2.47. The second kappa shape index (κ2) is 53.2. The Labute approximate surface area is 458 Å². The first-order valence-electron chi connectivity index (χ1n) is 16.6. The molecule has 0 unspecified atom stereocenters. The van der Waals surface area contributed by atoms with Crippen LogP contribution in [0.3, 0.4) is 0 Å². The summed E-state index contributed by atoms with van der Waals surface area (Å²) in [5, 5.41) is 8.59. The molecule has 0 saturated carbocycles. The van der Waals surface area contributed by atoms with E-state index < -0.39 is 108 Å². The van der Waals surface area contributed by atoms with Gasteiger partial charge in [0.05, 0.1) is 71.1 Å². The van der Waals surface area contributed by atoms with Crippen LogP contribution >= 0.6 is 34.8 Å². The molecule has 55 heteroatoms. The zero-order valence-corrected chi connectivity index (χ0v) is 51.9. The Morgan fingerprint density at radius 2 is 0.605 bits per heavy atom. The van der Waals surface area contributed by atoms with E-state index in [1.165, 1.54) is 14.1 Å². The number of nitrogens with two attached hydrogens (primary N) is 3. The van der Waals surface area contributed by atoms with Gasteiger partial charge in [-0.1, -0.05) is 0 Å². The van der Waals surface area contributed by atoms with Crippen molar-refractivity contribution in [3.8, 4) is 0 Å². The average Bonchev–Trinajstić information content (AvgIpc) is 3.02. The Morgan fingerprint density at radius 1 is 0.447 bits per heavy atom. The number of alkyl halides is 1. The average molecular weight is 1400 g/mol. The molecule has 472 valence electrons. The van der Waals surface area contributed by atoms with Gasteiger partial charge in [0.1, 0.15) is 0 Å². The summed E-state index contributed by atoms with van der Waals surface area (Å²) < 4.78 is 274. The lowest BCUT2D eigenvalue weighted by atomic mass is 10.8. The number of nitrogen functional groups attached to an aromatic ring is 1. The van der Waals surface area contributed by atoms with Crippen molar-refractivity contribution >= 4 is 158 Å². The summed E-state index contributed by atoms with van der Waals surface area (Å²) >= 11 is 16.5. The van der Waals surface area contributed by atoms with Crippen molar-refractivity contribution < 1.29 is 135 Å². The van der Waals surface area contributed by atoms with Crippen molar-refractivity contribution in [3.05, 3.63) is 5.28 Å². The third-order valence-corrected chi connectivity index (χ3v) is 2.34. The Kier molecular flexibility index (Phi) is 71.5. The maximum atomic E-state index is 9.96. The largest absolute Gasteiger partial charge is 0.368 e. The fourth-order valence-corrected chi connectivity index (χ4v) is 1.58. The third kappa shape index (κ3) is 546. The van der Waals surface area contributed by atoms with Crippen LogP contribution in [0.2, 0.25) is 5.28 Å². The van der Waals surface area contributed by atoms with Crippen LogP contribution in [0.15, 0.2) is 9.98 Å². The van der Waals surface area contributed by atoms with Gasteiger partial charge in [-0.3, -0.25) is 55.2 Å². The summed E-state index contributed by atoms with van der Waals surface area (Å²) in [6.45, 7) is 0. The number of rotatable bonds is 2. The summed E-state index contributed by atoms with van der Waals surface area (Å²) in [6, 6.07) is 0. The predicted molar refractivity (Wildman–Crippen MR) is 283 cm³/mol. The minimum atomic E-state index is -3.67. The highest BCUT2D eigenvalue weighted by Crippen LogP contribution is 2.05. The molecule has 0 amide bonds. The summed E-state index contributed by atoms with van der Waals surface area (Å²) in [7, 11) is -31.3. The Balaban J connectivity index is -0.0000000528. The second-order valence-electron chi connectivity index (χ2n) is 10.5. The highest BCUT2D eigenvalue weighted by molar-refractivity contribution is 7.87. The first-order chi connectivity index (χ1) is 32.9. The number of aliphatic imine (C=N–C) groups is 2. The van der Waals surface area contributed by atoms with E-state index in [9.17, 15) is 88.6 Å². The molecule has 1 aromatic rings. The van der Waals surface area contributed by atoms with E-state index >= 15 is 0 Å². The Bertz CT molecular complexity index is 2280. The van der Waals surface area contributed by atoms with Crippen LogP contribution in [-0.2, 0) is 101 Å². The van der Waals surface area contributed by atoms with E-state index in [1.807, 2.05) is 0 Å². The van der Waals surface area contributed by atoms with Gasteiger partial charge in [-0.15, -0.1) is 0 Å². The maximum Gasteiger partial charge on any atom is 0.261 e. The minimum absolute atomic E-state index is 0.0943. The van der Waals surface area contributed by atoms with Crippen LogP contribution in [0.4, 0.5) is 16.3 Å². The van der Waals surface area contributed by atoms with Gasteiger partial charge in [0.25, 0.3) is 101 Å². The van der Waals surface area contributed by atoms with E-state index in [0.29, 0.717) is 68.5 Å². The normalized spacial score (nSPS) is 11.8. The van der Waals surface area contributed by atoms with Crippen LogP contribution in [0.25, 0.3) is 0 Å². The molecule has 76 heavy (non-hydrogen) atoms. The molecule has 0 atom stereocenters. The number of aromatic nitrogens is 3. The van der Waals surface area contributed by atoms with Crippen molar-refractivity contribution in [2.24, 2.45) is 21.5 Å². The number of halogens is 4. The molecule has 1 aliphatic heterocycles. The SMILES string of the molecule is CN.CN.CNC1N=C(Cl)NC(Cl)=N1.CNc1nc(N)nc(Cl)n1.CS(=O)(=O)O.CS(=O)(=O)O.CS(=O)(=O)O.CS(=O)(=O)O.CS(=O)(=O)O.CS(=O)(=O)O.CS(=O)(=O)O.CS(=O)(=O)O.CS(=O)(=O)O.CS(=O)(=O)O.[2H]CF. The van der Waals surface area contributed by atoms with Crippen molar-refractivity contribution in [2.75, 3.05) is 109 Å². The molecule has 0 radical (unpaired) electrons. The second-order valence-corrected chi connectivity index (χ2v) is 26.2. The van der Waals surface area contributed by atoms with E-state index in [0.717, 1.165) is 0 Å². The van der Waals surface area contributed by atoms with E-state index in [4.69, 9.17) is 87.4 Å². The van der Waals surface area contributed by atoms with Crippen molar-refractivity contribution in [2.45, 2.75) is 6.29 Å². The zero-order valence-electron chi connectivity index (χ0n) is 42.5. The van der Waals surface area contributed by atoms with Gasteiger partial charge in [0.2, 0.25) is 27.8 Å². The van der Waals surface area contributed by atoms with Gasteiger partial charge in [0, 0.05) is 7.05 Å². The first-order valence-corrected chi connectivity index (χ1v) is 35.5. The van der Waals surface area contributed by atoms with E-state index in [-0.39, 0.29) is 28.1 Å². The van der Waals surface area contributed by atoms with E-state index in [1.54, 1.807) is 14.1 Å². The summed E-state index contributed by atoms with van der Waals surface area (Å²) in [4.78, 5) is 18.7. The number of hydrogen-bond acceptors (Lipinski definition) is 31. The highest BCUT2D eigenvalue weighted by atomic mass is 35.5. The first kappa shape index (κ1) is 102. The van der Waals surface area contributed by atoms with Gasteiger partial charge < -0.3 is 27.8 Å². The quantitative estimate of drug-likeness (QED) is 0.0976. The number of nitrogens with one attached hydrogen (secondary N) is 3. The molecule has 2 heterocycles. The molecule has 2 rings (SSSR count).